The first-order valence-electron chi connectivity index (χ1n) is 11.2. The Kier molecular flexibility index (Phi) is 9.82. The lowest BCUT2D eigenvalue weighted by atomic mass is 9.87. The van der Waals surface area contributed by atoms with E-state index in [1.807, 2.05) is 30.3 Å². The first kappa shape index (κ1) is 28.6. The molecule has 198 valence electrons. The van der Waals surface area contributed by atoms with E-state index in [1.54, 1.807) is 20.8 Å². The number of carboxylic acids is 2. The molecule has 1 aliphatic rings. The van der Waals surface area contributed by atoms with Gasteiger partial charge >= 0.3 is 18.0 Å². The summed E-state index contributed by atoms with van der Waals surface area (Å²) in [5.74, 6) is -4.43. The number of carbonyl (C=O) groups is 3. The normalized spacial score (nSPS) is 20.9. The summed E-state index contributed by atoms with van der Waals surface area (Å²) in [6.07, 6.45) is 0.0355. The fourth-order valence-electron chi connectivity index (χ4n) is 3.39. The molecule has 0 unspecified atom stereocenters. The zero-order chi connectivity index (χ0) is 26.9. The highest BCUT2D eigenvalue weighted by Crippen LogP contribution is 2.30. The van der Waals surface area contributed by atoms with Gasteiger partial charge in [0.05, 0.1) is 32.0 Å². The number of oxime groups is 1. The van der Waals surface area contributed by atoms with Gasteiger partial charge in [0, 0.05) is 7.05 Å². The highest BCUT2D eigenvalue weighted by atomic mass is 16.6. The third kappa shape index (κ3) is 8.24. The topological polar surface area (TPSA) is 170 Å². The summed E-state index contributed by atoms with van der Waals surface area (Å²) >= 11 is 0. The van der Waals surface area contributed by atoms with Crippen molar-refractivity contribution in [1.82, 2.24) is 4.90 Å². The minimum absolute atomic E-state index is 0.105. The number of nitrogens with two attached hydrogens (primary N) is 1. The quantitative estimate of drug-likeness (QED) is 0.140. The lowest BCUT2D eigenvalue weighted by Crippen LogP contribution is -2.64. The molecule has 1 aliphatic heterocycles. The van der Waals surface area contributed by atoms with E-state index < -0.39 is 34.9 Å². The van der Waals surface area contributed by atoms with Gasteiger partial charge < -0.3 is 35.0 Å². The smallest absolute Gasteiger partial charge is 0.410 e. The number of benzene rings is 1. The molecular formula is C24H33N3O9. The van der Waals surface area contributed by atoms with Crippen LogP contribution in [0.4, 0.5) is 4.79 Å². The maximum Gasteiger partial charge on any atom is 0.410 e. The Morgan fingerprint density at radius 3 is 2.44 bits per heavy atom. The highest BCUT2D eigenvalue weighted by Gasteiger charge is 2.47. The van der Waals surface area contributed by atoms with Crippen LogP contribution < -0.4 is 5.73 Å². The average molecular weight is 508 g/mol. The maximum absolute atomic E-state index is 12.9. The summed E-state index contributed by atoms with van der Waals surface area (Å²) < 4.78 is 17.2. The van der Waals surface area contributed by atoms with E-state index in [0.29, 0.717) is 25.7 Å². The molecule has 0 bridgehead atoms. The monoisotopic (exact) mass is 507 g/mol. The lowest BCUT2D eigenvalue weighted by molar-refractivity contribution is -0.138. The van der Waals surface area contributed by atoms with E-state index in [2.05, 4.69) is 5.16 Å². The standard InChI is InChI=1S/C24H33N3O9/c1-23(2,3)35-22(32)27(4)24(21(25)26-36-18(20(30)31)12-19(28)29)11-10-17(34-15-24)14-33-13-16-8-6-5-7-9-16/h5-9,12,17H,10-11,13-15H2,1-4H3,(H2,25,26)(H,28,29)(H,30,31)/b18-12+/t17-,24-/m0/s1. The van der Waals surface area contributed by atoms with E-state index in [4.69, 9.17) is 35.0 Å². The molecule has 36 heavy (non-hydrogen) atoms. The van der Waals surface area contributed by atoms with Gasteiger partial charge in [0.1, 0.15) is 11.1 Å². The predicted molar refractivity (Wildman–Crippen MR) is 128 cm³/mol. The SMILES string of the molecule is CN(C(=O)OC(C)(C)C)[C@@]1(/C(N)=N/O/C(=C/C(=O)O)C(=O)O)CC[C@@H](COCc2ccccc2)OC1. The number of carboxylic acid groups (broad SMARTS) is 2. The fourth-order valence-corrected chi connectivity index (χ4v) is 3.39. The van der Waals surface area contributed by atoms with Crippen molar-refractivity contribution in [3.05, 3.63) is 47.7 Å². The number of amidine groups is 1. The zero-order valence-corrected chi connectivity index (χ0v) is 20.8. The van der Waals surface area contributed by atoms with Gasteiger partial charge in [-0.3, -0.25) is 4.90 Å². The van der Waals surface area contributed by atoms with Crippen LogP contribution in [0.2, 0.25) is 0 Å². The Hall–Kier alpha value is -3.64. The third-order valence-corrected chi connectivity index (χ3v) is 5.35. The van der Waals surface area contributed by atoms with Gasteiger partial charge in [-0.15, -0.1) is 0 Å². The molecule has 0 aliphatic carbocycles. The second-order valence-corrected chi connectivity index (χ2v) is 9.26. The van der Waals surface area contributed by atoms with Crippen molar-refractivity contribution in [2.45, 2.75) is 57.5 Å². The molecule has 4 N–H and O–H groups in total. The molecule has 1 heterocycles. The lowest BCUT2D eigenvalue weighted by Gasteiger charge is -2.45. The summed E-state index contributed by atoms with van der Waals surface area (Å²) in [4.78, 5) is 41.0. The van der Waals surface area contributed by atoms with E-state index in [-0.39, 0.29) is 25.0 Å². The molecule has 12 nitrogen and oxygen atoms in total. The molecular weight excluding hydrogens is 474 g/mol. The van der Waals surface area contributed by atoms with Gasteiger partial charge in [-0.1, -0.05) is 35.5 Å². The van der Waals surface area contributed by atoms with E-state index >= 15 is 0 Å². The van der Waals surface area contributed by atoms with Gasteiger partial charge in [0.2, 0.25) is 5.76 Å². The predicted octanol–water partition coefficient (Wildman–Crippen LogP) is 2.33. The zero-order valence-electron chi connectivity index (χ0n) is 20.8. The number of nitrogens with zero attached hydrogens (tertiary/aromatic N) is 2. The number of aliphatic carboxylic acids is 2. The van der Waals surface area contributed by atoms with Crippen LogP contribution in [0, 0.1) is 0 Å². The maximum atomic E-state index is 12.9. The number of rotatable bonds is 10. The Bertz CT molecular complexity index is 978. The van der Waals surface area contributed by atoms with Gasteiger partial charge in [-0.05, 0) is 39.2 Å². The molecule has 0 saturated carbocycles. The first-order valence-corrected chi connectivity index (χ1v) is 11.2. The van der Waals surface area contributed by atoms with Gasteiger partial charge in [-0.25, -0.2) is 14.4 Å². The number of carbonyl (C=O) groups excluding carboxylic acids is 1. The van der Waals surface area contributed by atoms with Crippen LogP contribution in [-0.4, -0.2) is 76.5 Å². The van der Waals surface area contributed by atoms with Crippen molar-refractivity contribution >= 4 is 23.9 Å². The Balaban J connectivity index is 2.18. The van der Waals surface area contributed by atoms with Crippen LogP contribution in [0.3, 0.4) is 0 Å². The molecule has 0 spiro atoms. The molecule has 1 saturated heterocycles. The summed E-state index contributed by atoms with van der Waals surface area (Å²) in [6.45, 7) is 5.73. The highest BCUT2D eigenvalue weighted by molar-refractivity contribution is 5.94. The molecule has 2 rings (SSSR count). The van der Waals surface area contributed by atoms with Gasteiger partial charge in [-0.2, -0.15) is 0 Å². The third-order valence-electron chi connectivity index (χ3n) is 5.35. The van der Waals surface area contributed by atoms with E-state index in [9.17, 15) is 14.4 Å². The molecule has 1 aromatic rings. The van der Waals surface area contributed by atoms with Crippen LogP contribution in [0.15, 0.2) is 47.3 Å². The minimum Gasteiger partial charge on any atom is -0.478 e. The van der Waals surface area contributed by atoms with Crippen molar-refractivity contribution in [1.29, 1.82) is 0 Å². The van der Waals surface area contributed by atoms with Gasteiger partial charge in [0.25, 0.3) is 0 Å². The molecule has 1 amide bonds. The number of ether oxygens (including phenoxy) is 3. The summed E-state index contributed by atoms with van der Waals surface area (Å²) in [5, 5.41) is 21.6. The fraction of sp³-hybridized carbons (Fsp3) is 0.500. The average Bonchev–Trinajstić information content (AvgIpc) is 2.80. The molecule has 1 aromatic carbocycles. The Morgan fingerprint density at radius 1 is 1.25 bits per heavy atom. The van der Waals surface area contributed by atoms with Crippen molar-refractivity contribution in [3.63, 3.8) is 0 Å². The van der Waals surface area contributed by atoms with Gasteiger partial charge in [0.15, 0.2) is 5.84 Å². The van der Waals surface area contributed by atoms with Crippen LogP contribution in [0.25, 0.3) is 0 Å². The van der Waals surface area contributed by atoms with Crippen LogP contribution in [-0.2, 0) is 35.2 Å². The van der Waals surface area contributed by atoms with Crippen molar-refractivity contribution < 1.29 is 43.6 Å². The summed E-state index contributed by atoms with van der Waals surface area (Å²) in [6, 6.07) is 9.65. The summed E-state index contributed by atoms with van der Waals surface area (Å²) in [5.41, 5.74) is 5.07. The van der Waals surface area contributed by atoms with Crippen molar-refractivity contribution in [2.75, 3.05) is 20.3 Å². The van der Waals surface area contributed by atoms with Crippen LogP contribution in [0.1, 0.15) is 39.2 Å². The Labute approximate surface area is 209 Å². The van der Waals surface area contributed by atoms with Crippen molar-refractivity contribution in [3.8, 4) is 0 Å². The second-order valence-electron chi connectivity index (χ2n) is 9.26. The number of amides is 1. The number of likely N-dealkylation sites (N-methyl/N-ethyl adjacent to an activating group) is 1. The first-order chi connectivity index (χ1) is 16.8. The van der Waals surface area contributed by atoms with Crippen LogP contribution >= 0.6 is 0 Å². The molecule has 1 fully saturated rings. The minimum atomic E-state index is -1.65. The number of hydrogen-bond acceptors (Lipinski definition) is 8. The van der Waals surface area contributed by atoms with E-state index in [1.165, 1.54) is 11.9 Å². The molecule has 12 heteroatoms. The number of hydrogen-bond donors (Lipinski definition) is 3. The Morgan fingerprint density at radius 2 is 1.92 bits per heavy atom. The van der Waals surface area contributed by atoms with Crippen LogP contribution in [0.5, 0.6) is 0 Å². The van der Waals surface area contributed by atoms with Crippen molar-refractivity contribution in [2.24, 2.45) is 10.9 Å². The second kappa shape index (κ2) is 12.4. The molecule has 0 aromatic heterocycles. The van der Waals surface area contributed by atoms with E-state index in [0.717, 1.165) is 5.56 Å². The summed E-state index contributed by atoms with van der Waals surface area (Å²) in [7, 11) is 1.46. The molecule has 2 atom stereocenters. The molecule has 0 radical (unpaired) electrons. The largest absolute Gasteiger partial charge is 0.478 e.